The third kappa shape index (κ3) is 6.21. The molecule has 0 spiro atoms. The Morgan fingerprint density at radius 2 is 1.63 bits per heavy atom. The first-order chi connectivity index (χ1) is 20.1. The first-order valence-electron chi connectivity index (χ1n) is 14.8. The van der Waals surface area contributed by atoms with Gasteiger partial charge in [-0.05, 0) is 59.9 Å². The lowest BCUT2D eigenvalue weighted by Crippen LogP contribution is -2.56. The zero-order valence-corrected chi connectivity index (χ0v) is 23.5. The highest BCUT2D eigenvalue weighted by molar-refractivity contribution is 5.98. The van der Waals surface area contributed by atoms with Crippen LogP contribution in [0, 0.1) is 5.92 Å². The lowest BCUT2D eigenvalue weighted by molar-refractivity contribution is -0.129. The Morgan fingerprint density at radius 3 is 2.34 bits per heavy atom. The van der Waals surface area contributed by atoms with Gasteiger partial charge in [-0.15, -0.1) is 0 Å². The third-order valence-electron chi connectivity index (χ3n) is 8.91. The Balaban J connectivity index is 1.08. The van der Waals surface area contributed by atoms with Gasteiger partial charge in [-0.3, -0.25) is 14.5 Å². The summed E-state index contributed by atoms with van der Waals surface area (Å²) in [5.74, 6) is 0.279. The van der Waals surface area contributed by atoms with Crippen molar-refractivity contribution in [1.29, 1.82) is 0 Å². The first-order valence-corrected chi connectivity index (χ1v) is 14.8. The Bertz CT molecular complexity index is 1350. The molecule has 4 atom stereocenters. The number of hydrogen-bond donors (Lipinski definition) is 3. The van der Waals surface area contributed by atoms with Crippen molar-refractivity contribution in [3.8, 4) is 0 Å². The van der Waals surface area contributed by atoms with Crippen LogP contribution in [-0.4, -0.2) is 55.5 Å². The van der Waals surface area contributed by atoms with Gasteiger partial charge in [0.1, 0.15) is 0 Å². The van der Waals surface area contributed by atoms with E-state index >= 15 is 0 Å². The summed E-state index contributed by atoms with van der Waals surface area (Å²) in [5.41, 5.74) is 5.87. The van der Waals surface area contributed by atoms with Gasteiger partial charge in [0.25, 0.3) is 0 Å². The zero-order chi connectivity index (χ0) is 28.2. The van der Waals surface area contributed by atoms with Gasteiger partial charge in [0.15, 0.2) is 0 Å². The summed E-state index contributed by atoms with van der Waals surface area (Å²) in [7, 11) is 0. The maximum absolute atomic E-state index is 12.7. The highest BCUT2D eigenvalue weighted by atomic mass is 16.2. The molecule has 3 fully saturated rings. The fourth-order valence-corrected chi connectivity index (χ4v) is 6.65. The number of carbonyl (C=O) groups is 2. The van der Waals surface area contributed by atoms with E-state index in [1.807, 2.05) is 12.1 Å². The van der Waals surface area contributed by atoms with Crippen molar-refractivity contribution in [3.05, 3.63) is 108 Å². The fourth-order valence-electron chi connectivity index (χ4n) is 6.65. The van der Waals surface area contributed by atoms with Crippen molar-refractivity contribution in [2.45, 2.75) is 37.4 Å². The van der Waals surface area contributed by atoms with Crippen LogP contribution >= 0.6 is 0 Å². The molecule has 3 heterocycles. The average molecular weight is 550 g/mol. The maximum Gasteiger partial charge on any atom is 0.247 e. The second-order valence-electron chi connectivity index (χ2n) is 11.4. The van der Waals surface area contributed by atoms with Gasteiger partial charge in [0.2, 0.25) is 11.8 Å². The summed E-state index contributed by atoms with van der Waals surface area (Å²) in [6.45, 7) is 9.13. The summed E-state index contributed by atoms with van der Waals surface area (Å²) < 4.78 is 0. The quantitative estimate of drug-likeness (QED) is 0.380. The second-order valence-corrected chi connectivity index (χ2v) is 11.4. The van der Waals surface area contributed by atoms with Gasteiger partial charge >= 0.3 is 0 Å². The van der Waals surface area contributed by atoms with Crippen LogP contribution in [0.3, 0.4) is 0 Å². The van der Waals surface area contributed by atoms with Gasteiger partial charge in [-0.1, -0.05) is 61.2 Å². The summed E-state index contributed by atoms with van der Waals surface area (Å²) in [6.07, 6.45) is 3.13. The molecule has 41 heavy (non-hydrogen) atoms. The number of carbonyl (C=O) groups excluding carboxylic acids is 2. The van der Waals surface area contributed by atoms with Crippen LogP contribution in [0.1, 0.15) is 41.5 Å². The van der Waals surface area contributed by atoms with Gasteiger partial charge in [-0.2, -0.15) is 0 Å². The summed E-state index contributed by atoms with van der Waals surface area (Å²) in [6, 6.07) is 28.2. The van der Waals surface area contributed by atoms with Crippen molar-refractivity contribution >= 4 is 23.2 Å². The number of rotatable bonds is 7. The number of piperazine rings is 1. The van der Waals surface area contributed by atoms with Gasteiger partial charge in [0.05, 0.1) is 5.92 Å². The predicted molar refractivity (Wildman–Crippen MR) is 164 cm³/mol. The molecular formula is C34H39N5O2. The summed E-state index contributed by atoms with van der Waals surface area (Å²) >= 11 is 0. The standard InChI is InChI=1S/C34H39N5O2/c1-2-32(40)36-27-12-14-28(15-13-27)39-20-18-38(19-21-39)23-24-8-10-26(11-9-24)33-29(25-6-4-3-5-7-25)22-30-31(37-33)16-17-35-34(30)41/h2-15,29-31,33,37H,1,16-23H2,(H,35,41)(H,36,40). The molecule has 3 aliphatic heterocycles. The third-order valence-corrected chi connectivity index (χ3v) is 8.91. The molecule has 0 aliphatic carbocycles. The van der Waals surface area contributed by atoms with Gasteiger partial charge < -0.3 is 20.9 Å². The Labute approximate surface area is 242 Å². The number of anilines is 2. The maximum atomic E-state index is 12.7. The number of fused-ring (bicyclic) bond motifs is 1. The zero-order valence-electron chi connectivity index (χ0n) is 23.5. The van der Waals surface area contributed by atoms with E-state index in [0.29, 0.717) is 0 Å². The molecule has 3 aromatic rings. The Hall–Kier alpha value is -3.94. The molecule has 0 radical (unpaired) electrons. The topological polar surface area (TPSA) is 76.7 Å². The number of piperidine rings is 2. The van der Waals surface area contributed by atoms with E-state index in [0.717, 1.165) is 57.8 Å². The van der Waals surface area contributed by atoms with Crippen molar-refractivity contribution in [3.63, 3.8) is 0 Å². The summed E-state index contributed by atoms with van der Waals surface area (Å²) in [4.78, 5) is 29.1. The number of hydrogen-bond acceptors (Lipinski definition) is 5. The SMILES string of the molecule is C=CC(=O)Nc1ccc(N2CCN(Cc3ccc(C4NC5CCNC(=O)C5CC4c4ccccc4)cc3)CC2)cc1. The van der Waals surface area contributed by atoms with E-state index in [9.17, 15) is 9.59 Å². The monoisotopic (exact) mass is 549 g/mol. The number of nitrogens with one attached hydrogen (secondary N) is 3. The lowest BCUT2D eigenvalue weighted by Gasteiger charge is -2.44. The van der Waals surface area contributed by atoms with Crippen molar-refractivity contribution in [1.82, 2.24) is 15.5 Å². The molecule has 212 valence electrons. The lowest BCUT2D eigenvalue weighted by atomic mass is 9.72. The molecule has 7 heteroatoms. The second kappa shape index (κ2) is 12.3. The van der Waals surface area contributed by atoms with E-state index in [1.165, 1.54) is 28.5 Å². The fraction of sp³-hybridized carbons (Fsp3) is 0.353. The van der Waals surface area contributed by atoms with Crippen molar-refractivity contribution < 1.29 is 9.59 Å². The van der Waals surface area contributed by atoms with Crippen LogP contribution in [0.4, 0.5) is 11.4 Å². The van der Waals surface area contributed by atoms with Crippen molar-refractivity contribution in [2.75, 3.05) is 42.9 Å². The Morgan fingerprint density at radius 1 is 0.902 bits per heavy atom. The molecule has 4 unspecified atom stereocenters. The van der Waals surface area contributed by atoms with Crippen LogP contribution in [0.25, 0.3) is 0 Å². The Kier molecular flexibility index (Phi) is 8.16. The van der Waals surface area contributed by atoms with Crippen LogP contribution in [-0.2, 0) is 16.1 Å². The molecule has 3 aliphatic rings. The van der Waals surface area contributed by atoms with E-state index < -0.39 is 0 Å². The van der Waals surface area contributed by atoms with Gasteiger partial charge in [-0.25, -0.2) is 0 Å². The molecule has 3 saturated heterocycles. The van der Waals surface area contributed by atoms with Crippen LogP contribution in [0.5, 0.6) is 0 Å². The van der Waals surface area contributed by atoms with Crippen LogP contribution in [0.2, 0.25) is 0 Å². The van der Waals surface area contributed by atoms with Crippen LogP contribution in [0.15, 0.2) is 91.5 Å². The molecule has 0 saturated carbocycles. The van der Waals surface area contributed by atoms with E-state index in [2.05, 4.69) is 99.1 Å². The molecule has 7 nitrogen and oxygen atoms in total. The molecule has 0 bridgehead atoms. The number of amides is 2. The summed E-state index contributed by atoms with van der Waals surface area (Å²) in [5, 5.41) is 9.76. The van der Waals surface area contributed by atoms with Gasteiger partial charge in [0, 0.05) is 68.6 Å². The first kappa shape index (κ1) is 27.2. The van der Waals surface area contributed by atoms with E-state index in [1.54, 1.807) is 0 Å². The average Bonchev–Trinajstić information content (AvgIpc) is 3.02. The molecule has 0 aromatic heterocycles. The van der Waals surface area contributed by atoms with Crippen molar-refractivity contribution in [2.24, 2.45) is 5.92 Å². The minimum Gasteiger partial charge on any atom is -0.369 e. The largest absolute Gasteiger partial charge is 0.369 e. The van der Waals surface area contributed by atoms with E-state index in [4.69, 9.17) is 0 Å². The molecule has 3 aromatic carbocycles. The molecule has 6 rings (SSSR count). The molecular weight excluding hydrogens is 510 g/mol. The van der Waals surface area contributed by atoms with E-state index in [-0.39, 0.29) is 35.7 Å². The predicted octanol–water partition coefficient (Wildman–Crippen LogP) is 4.46. The van der Waals surface area contributed by atoms with Crippen LogP contribution < -0.4 is 20.9 Å². The minimum absolute atomic E-state index is 0.0270. The smallest absolute Gasteiger partial charge is 0.247 e. The minimum atomic E-state index is -0.197. The molecule has 3 N–H and O–H groups in total. The normalized spacial score (nSPS) is 24.7. The number of benzene rings is 3. The highest BCUT2D eigenvalue weighted by Gasteiger charge is 2.42. The number of nitrogens with zero attached hydrogens (tertiary/aromatic N) is 2. The molecule has 2 amide bonds. The highest BCUT2D eigenvalue weighted by Crippen LogP contribution is 2.42.